The van der Waals surface area contributed by atoms with E-state index in [4.69, 9.17) is 9.47 Å². The van der Waals surface area contributed by atoms with Crippen LogP contribution >= 0.6 is 0 Å². The van der Waals surface area contributed by atoms with Crippen molar-refractivity contribution >= 4 is 21.6 Å². The Morgan fingerprint density at radius 3 is 2.38 bits per heavy atom. The van der Waals surface area contributed by atoms with Gasteiger partial charge in [0, 0.05) is 0 Å². The maximum Gasteiger partial charge on any atom is 0.240 e. The van der Waals surface area contributed by atoms with Crippen molar-refractivity contribution in [1.82, 2.24) is 5.32 Å². The van der Waals surface area contributed by atoms with E-state index in [1.54, 1.807) is 6.07 Å². The molecule has 1 aliphatic heterocycles. The van der Waals surface area contributed by atoms with Crippen LogP contribution in [0.15, 0.2) is 36.4 Å². The van der Waals surface area contributed by atoms with Gasteiger partial charge in [-0.25, -0.2) is 8.42 Å². The third kappa shape index (κ3) is 5.00. The Bertz CT molecular complexity index is 996. The molecule has 156 valence electrons. The number of benzene rings is 2. The second-order valence-corrected chi connectivity index (χ2v) is 9.23. The van der Waals surface area contributed by atoms with Gasteiger partial charge in [-0.05, 0) is 44.0 Å². The van der Waals surface area contributed by atoms with Crippen LogP contribution in [-0.4, -0.2) is 46.4 Å². The highest BCUT2D eigenvalue weighted by Crippen LogP contribution is 2.31. The molecule has 7 nitrogen and oxygen atoms in total. The van der Waals surface area contributed by atoms with Crippen LogP contribution in [0.2, 0.25) is 0 Å². The summed E-state index contributed by atoms with van der Waals surface area (Å²) < 4.78 is 37.4. The molecule has 0 radical (unpaired) electrons. The monoisotopic (exact) mass is 418 g/mol. The van der Waals surface area contributed by atoms with Crippen molar-refractivity contribution in [2.75, 3.05) is 30.3 Å². The molecule has 29 heavy (non-hydrogen) atoms. The molecule has 0 unspecified atom stereocenters. The van der Waals surface area contributed by atoms with E-state index in [0.29, 0.717) is 23.8 Å². The number of aryl methyl sites for hydroxylation is 3. The summed E-state index contributed by atoms with van der Waals surface area (Å²) in [5.41, 5.74) is 3.19. The van der Waals surface area contributed by atoms with Crippen molar-refractivity contribution in [3.05, 3.63) is 53.1 Å². The average Bonchev–Trinajstić information content (AvgIpc) is 2.64. The molecular formula is C21H26N2O5S. The first-order valence-electron chi connectivity index (χ1n) is 9.36. The summed E-state index contributed by atoms with van der Waals surface area (Å²) in [5.74, 6) is 0.891. The molecule has 3 rings (SSSR count). The standard InChI is InChI=1S/C21H26N2O5S/c1-14-9-15(2)21(16(3)10-14)23(29(4,25)26)12-20(24)22-11-17-13-27-18-7-5-6-8-19(18)28-17/h5-10,17H,11-13H2,1-4H3,(H,22,24)/t17-/m1/s1. The summed E-state index contributed by atoms with van der Waals surface area (Å²) in [7, 11) is -3.64. The van der Waals surface area contributed by atoms with Gasteiger partial charge in [0.2, 0.25) is 15.9 Å². The highest BCUT2D eigenvalue weighted by atomic mass is 32.2. The molecule has 0 aromatic heterocycles. The number of sulfonamides is 1. The van der Waals surface area contributed by atoms with Gasteiger partial charge < -0.3 is 14.8 Å². The summed E-state index contributed by atoms with van der Waals surface area (Å²) >= 11 is 0. The summed E-state index contributed by atoms with van der Waals surface area (Å²) in [5, 5.41) is 2.76. The van der Waals surface area contributed by atoms with Crippen LogP contribution in [0.25, 0.3) is 0 Å². The Morgan fingerprint density at radius 2 is 1.76 bits per heavy atom. The Kier molecular flexibility index (Phi) is 6.02. The van der Waals surface area contributed by atoms with E-state index in [1.165, 1.54) is 0 Å². The number of amides is 1. The van der Waals surface area contributed by atoms with Crippen LogP contribution in [-0.2, 0) is 14.8 Å². The molecular weight excluding hydrogens is 392 g/mol. The fourth-order valence-electron chi connectivity index (χ4n) is 3.51. The van der Waals surface area contributed by atoms with Gasteiger partial charge in [0.05, 0.1) is 18.5 Å². The predicted molar refractivity (Wildman–Crippen MR) is 112 cm³/mol. The SMILES string of the molecule is Cc1cc(C)c(N(CC(=O)NC[C@@H]2COc3ccccc3O2)S(C)(=O)=O)c(C)c1. The second-order valence-electron chi connectivity index (χ2n) is 7.32. The molecule has 1 heterocycles. The highest BCUT2D eigenvalue weighted by molar-refractivity contribution is 7.92. The number of carbonyl (C=O) groups excluding carboxylic acids is 1. The van der Waals surface area contributed by atoms with Crippen LogP contribution in [0.4, 0.5) is 5.69 Å². The van der Waals surface area contributed by atoms with E-state index in [1.807, 2.05) is 51.1 Å². The smallest absolute Gasteiger partial charge is 0.240 e. The first-order chi connectivity index (χ1) is 13.6. The molecule has 1 atom stereocenters. The van der Waals surface area contributed by atoms with Gasteiger partial charge in [-0.15, -0.1) is 0 Å². The van der Waals surface area contributed by atoms with Crippen molar-refractivity contribution in [3.8, 4) is 11.5 Å². The zero-order valence-electron chi connectivity index (χ0n) is 17.1. The molecule has 2 aromatic rings. The molecule has 1 N–H and O–H groups in total. The number of para-hydroxylation sites is 2. The van der Waals surface area contributed by atoms with Gasteiger partial charge in [-0.3, -0.25) is 9.10 Å². The first kappa shape index (κ1) is 21.0. The lowest BCUT2D eigenvalue weighted by Gasteiger charge is -2.28. The van der Waals surface area contributed by atoms with E-state index in [-0.39, 0.29) is 19.2 Å². The van der Waals surface area contributed by atoms with Gasteiger partial charge in [0.25, 0.3) is 0 Å². The molecule has 0 bridgehead atoms. The van der Waals surface area contributed by atoms with Crippen molar-refractivity contribution < 1.29 is 22.7 Å². The number of rotatable bonds is 6. The average molecular weight is 419 g/mol. The van der Waals surface area contributed by atoms with Gasteiger partial charge in [-0.2, -0.15) is 0 Å². The van der Waals surface area contributed by atoms with Gasteiger partial charge in [0.15, 0.2) is 11.5 Å². The van der Waals surface area contributed by atoms with Gasteiger partial charge in [0.1, 0.15) is 19.3 Å². The van der Waals surface area contributed by atoms with E-state index < -0.39 is 15.9 Å². The number of hydrogen-bond acceptors (Lipinski definition) is 5. The summed E-state index contributed by atoms with van der Waals surface area (Å²) in [6.45, 7) is 5.87. The van der Waals surface area contributed by atoms with Crippen molar-refractivity contribution in [2.24, 2.45) is 0 Å². The molecule has 0 saturated heterocycles. The van der Waals surface area contributed by atoms with Crippen molar-refractivity contribution in [2.45, 2.75) is 26.9 Å². The number of nitrogens with one attached hydrogen (secondary N) is 1. The number of ether oxygens (including phenoxy) is 2. The molecule has 8 heteroatoms. The largest absolute Gasteiger partial charge is 0.486 e. The third-order valence-electron chi connectivity index (χ3n) is 4.67. The molecule has 2 aromatic carbocycles. The van der Waals surface area contributed by atoms with Crippen molar-refractivity contribution in [1.29, 1.82) is 0 Å². The number of fused-ring (bicyclic) bond motifs is 1. The molecule has 0 fully saturated rings. The highest BCUT2D eigenvalue weighted by Gasteiger charge is 2.26. The summed E-state index contributed by atoms with van der Waals surface area (Å²) in [6.07, 6.45) is 0.761. The number of anilines is 1. The van der Waals surface area contributed by atoms with Crippen LogP contribution in [0.5, 0.6) is 11.5 Å². The molecule has 1 aliphatic rings. The predicted octanol–water partition coefficient (Wildman–Crippen LogP) is 2.33. The lowest BCUT2D eigenvalue weighted by Crippen LogP contribution is -2.45. The van der Waals surface area contributed by atoms with E-state index in [2.05, 4.69) is 5.32 Å². The maximum atomic E-state index is 12.5. The Balaban J connectivity index is 1.68. The minimum atomic E-state index is -3.64. The quantitative estimate of drug-likeness (QED) is 0.778. The first-order valence-corrected chi connectivity index (χ1v) is 11.2. The summed E-state index contributed by atoms with van der Waals surface area (Å²) in [6, 6.07) is 11.1. The van der Waals surface area contributed by atoms with Gasteiger partial charge >= 0.3 is 0 Å². The zero-order chi connectivity index (χ0) is 21.2. The van der Waals surface area contributed by atoms with E-state index >= 15 is 0 Å². The van der Waals surface area contributed by atoms with Crippen LogP contribution in [0.1, 0.15) is 16.7 Å². The number of carbonyl (C=O) groups is 1. The molecule has 1 amide bonds. The Morgan fingerprint density at radius 1 is 1.14 bits per heavy atom. The van der Waals surface area contributed by atoms with Crippen LogP contribution in [0.3, 0.4) is 0 Å². The van der Waals surface area contributed by atoms with E-state index in [0.717, 1.165) is 27.3 Å². The summed E-state index contributed by atoms with van der Waals surface area (Å²) in [4.78, 5) is 12.5. The molecule has 0 aliphatic carbocycles. The Labute approximate surface area is 171 Å². The minimum Gasteiger partial charge on any atom is -0.486 e. The van der Waals surface area contributed by atoms with Gasteiger partial charge in [-0.1, -0.05) is 29.8 Å². The topological polar surface area (TPSA) is 84.9 Å². The normalized spacial score (nSPS) is 15.7. The van der Waals surface area contributed by atoms with Crippen LogP contribution in [0, 0.1) is 20.8 Å². The number of nitrogens with zero attached hydrogens (tertiary/aromatic N) is 1. The second kappa shape index (κ2) is 8.32. The van der Waals surface area contributed by atoms with E-state index in [9.17, 15) is 13.2 Å². The Hall–Kier alpha value is -2.74. The molecule has 0 spiro atoms. The third-order valence-corrected chi connectivity index (χ3v) is 5.78. The fraction of sp³-hybridized carbons (Fsp3) is 0.381. The fourth-order valence-corrected chi connectivity index (χ4v) is 4.48. The van der Waals surface area contributed by atoms with Crippen LogP contribution < -0.4 is 19.1 Å². The lowest BCUT2D eigenvalue weighted by atomic mass is 10.1. The maximum absolute atomic E-state index is 12.5. The van der Waals surface area contributed by atoms with Crippen molar-refractivity contribution in [3.63, 3.8) is 0 Å². The minimum absolute atomic E-state index is 0.219. The molecule has 0 saturated carbocycles. The number of hydrogen-bond donors (Lipinski definition) is 1. The zero-order valence-corrected chi connectivity index (χ0v) is 17.9. The lowest BCUT2D eigenvalue weighted by molar-refractivity contribution is -0.120.